The van der Waals surface area contributed by atoms with E-state index in [1.54, 1.807) is 14.2 Å². The van der Waals surface area contributed by atoms with E-state index in [-0.39, 0.29) is 0 Å². The minimum Gasteiger partial charge on any atom is -0.497 e. The third-order valence-corrected chi connectivity index (χ3v) is 1.66. The number of hydrogen-bond acceptors (Lipinski definition) is 2. The molecule has 0 atom stereocenters. The van der Waals surface area contributed by atoms with Gasteiger partial charge in [0.1, 0.15) is 11.5 Å². The van der Waals surface area contributed by atoms with Gasteiger partial charge in [-0.15, -0.1) is 0 Å². The van der Waals surface area contributed by atoms with Crippen LogP contribution in [0.15, 0.2) is 30.8 Å². The molecule has 0 aliphatic rings. The third-order valence-electron chi connectivity index (χ3n) is 1.66. The molecule has 0 N–H and O–H groups in total. The van der Waals surface area contributed by atoms with Crippen LogP contribution in [0.25, 0.3) is 5.76 Å². The Morgan fingerprint density at radius 3 is 1.50 bits per heavy atom. The molecular weight excluding hydrogens is 248 g/mol. The molecule has 1 aromatic carbocycles. The SMILES string of the molecule is C=C(OC)c1ccc(OC)cc1.CC.CCC.CCC. The van der Waals surface area contributed by atoms with Crippen molar-refractivity contribution in [3.8, 4) is 5.75 Å². The first-order chi connectivity index (χ1) is 9.60. The van der Waals surface area contributed by atoms with Gasteiger partial charge in [-0.05, 0) is 24.3 Å². The molecule has 0 saturated carbocycles. The van der Waals surface area contributed by atoms with Crippen molar-refractivity contribution in [3.05, 3.63) is 36.4 Å². The van der Waals surface area contributed by atoms with E-state index in [2.05, 4.69) is 34.3 Å². The van der Waals surface area contributed by atoms with E-state index in [4.69, 9.17) is 9.47 Å². The smallest absolute Gasteiger partial charge is 0.118 e. The van der Waals surface area contributed by atoms with Crippen LogP contribution in [-0.4, -0.2) is 14.2 Å². The summed E-state index contributed by atoms with van der Waals surface area (Å²) in [5, 5.41) is 0. The summed E-state index contributed by atoms with van der Waals surface area (Å²) < 4.78 is 9.99. The van der Waals surface area contributed by atoms with Gasteiger partial charge in [0.15, 0.2) is 0 Å². The molecule has 1 rings (SSSR count). The number of hydrogen-bond donors (Lipinski definition) is 0. The molecule has 0 amide bonds. The first-order valence-electron chi connectivity index (χ1n) is 7.48. The van der Waals surface area contributed by atoms with Crippen LogP contribution in [0.1, 0.15) is 59.9 Å². The maximum atomic E-state index is 5.01. The summed E-state index contributed by atoms with van der Waals surface area (Å²) in [7, 11) is 3.24. The predicted octanol–water partition coefficient (Wildman–Crippen LogP) is 6.17. The zero-order valence-corrected chi connectivity index (χ0v) is 14.7. The van der Waals surface area contributed by atoms with Gasteiger partial charge in [0, 0.05) is 5.56 Å². The van der Waals surface area contributed by atoms with E-state index in [0.29, 0.717) is 5.76 Å². The molecule has 0 unspecified atom stereocenters. The van der Waals surface area contributed by atoms with Crippen molar-refractivity contribution in [2.75, 3.05) is 14.2 Å². The Morgan fingerprint density at radius 2 is 1.25 bits per heavy atom. The minimum atomic E-state index is 0.664. The van der Waals surface area contributed by atoms with Crippen LogP contribution in [0.2, 0.25) is 0 Å². The highest BCUT2D eigenvalue weighted by molar-refractivity contribution is 5.57. The second-order valence-electron chi connectivity index (χ2n) is 3.77. The molecule has 0 aromatic heterocycles. The molecule has 0 bridgehead atoms. The molecule has 0 saturated heterocycles. The molecule has 20 heavy (non-hydrogen) atoms. The van der Waals surface area contributed by atoms with Crippen molar-refractivity contribution in [1.29, 1.82) is 0 Å². The van der Waals surface area contributed by atoms with Crippen LogP contribution in [0.5, 0.6) is 5.75 Å². The lowest BCUT2D eigenvalue weighted by atomic mass is 10.2. The van der Waals surface area contributed by atoms with Crippen LogP contribution in [0, 0.1) is 0 Å². The highest BCUT2D eigenvalue weighted by atomic mass is 16.5. The van der Waals surface area contributed by atoms with Gasteiger partial charge in [0.05, 0.1) is 14.2 Å². The van der Waals surface area contributed by atoms with Gasteiger partial charge in [-0.1, -0.05) is 61.0 Å². The van der Waals surface area contributed by atoms with Crippen LogP contribution in [-0.2, 0) is 4.74 Å². The van der Waals surface area contributed by atoms with Crippen molar-refractivity contribution in [3.63, 3.8) is 0 Å². The highest BCUT2D eigenvalue weighted by Gasteiger charge is 1.97. The molecule has 1 aromatic rings. The second kappa shape index (κ2) is 19.9. The van der Waals surface area contributed by atoms with E-state index in [0.717, 1.165) is 11.3 Å². The largest absolute Gasteiger partial charge is 0.497 e. The highest BCUT2D eigenvalue weighted by Crippen LogP contribution is 2.17. The van der Waals surface area contributed by atoms with E-state index in [9.17, 15) is 0 Å². The Balaban J connectivity index is -0.000000304. The molecular formula is C18H34O2. The molecule has 0 aliphatic heterocycles. The number of methoxy groups -OCH3 is 2. The van der Waals surface area contributed by atoms with Gasteiger partial charge in [0.2, 0.25) is 0 Å². The summed E-state index contributed by atoms with van der Waals surface area (Å²) in [6, 6.07) is 7.56. The molecule has 0 heterocycles. The lowest BCUT2D eigenvalue weighted by Crippen LogP contribution is -1.86. The van der Waals surface area contributed by atoms with Gasteiger partial charge in [-0.3, -0.25) is 0 Å². The lowest BCUT2D eigenvalue weighted by molar-refractivity contribution is 0.371. The Bertz CT molecular complexity index is 287. The second-order valence-corrected chi connectivity index (χ2v) is 3.77. The number of benzene rings is 1. The normalized spacial score (nSPS) is 7.60. The summed E-state index contributed by atoms with van der Waals surface area (Å²) in [5.74, 6) is 1.50. The topological polar surface area (TPSA) is 18.5 Å². The minimum absolute atomic E-state index is 0.664. The summed E-state index contributed by atoms with van der Waals surface area (Å²) >= 11 is 0. The van der Waals surface area contributed by atoms with Crippen molar-refractivity contribution in [1.82, 2.24) is 0 Å². The van der Waals surface area contributed by atoms with Crippen LogP contribution < -0.4 is 4.74 Å². The Hall–Kier alpha value is -1.44. The van der Waals surface area contributed by atoms with Crippen molar-refractivity contribution >= 4 is 5.76 Å². The maximum absolute atomic E-state index is 5.01. The molecule has 0 aliphatic carbocycles. The van der Waals surface area contributed by atoms with E-state index < -0.39 is 0 Å². The fourth-order valence-corrected chi connectivity index (χ4v) is 0.895. The molecule has 2 nitrogen and oxygen atoms in total. The summed E-state index contributed by atoms with van der Waals surface area (Å²) in [6.07, 6.45) is 2.50. The van der Waals surface area contributed by atoms with Gasteiger partial charge in [0.25, 0.3) is 0 Å². The fraction of sp³-hybridized carbons (Fsp3) is 0.556. The van der Waals surface area contributed by atoms with Crippen LogP contribution in [0.4, 0.5) is 0 Å². The van der Waals surface area contributed by atoms with Gasteiger partial charge < -0.3 is 9.47 Å². The molecule has 2 heteroatoms. The average Bonchev–Trinajstić information content (AvgIpc) is 2.50. The first kappa shape index (κ1) is 23.6. The van der Waals surface area contributed by atoms with Gasteiger partial charge in [-0.2, -0.15) is 0 Å². The summed E-state index contributed by atoms with van der Waals surface area (Å²) in [5.41, 5.74) is 0.971. The van der Waals surface area contributed by atoms with Crippen LogP contribution in [0.3, 0.4) is 0 Å². The zero-order valence-electron chi connectivity index (χ0n) is 14.7. The van der Waals surface area contributed by atoms with Crippen LogP contribution >= 0.6 is 0 Å². The monoisotopic (exact) mass is 282 g/mol. The summed E-state index contributed by atoms with van der Waals surface area (Å²) in [4.78, 5) is 0. The molecule has 118 valence electrons. The van der Waals surface area contributed by atoms with Crippen molar-refractivity contribution < 1.29 is 9.47 Å². The first-order valence-corrected chi connectivity index (χ1v) is 7.48. The Morgan fingerprint density at radius 1 is 0.900 bits per heavy atom. The Labute approximate surface area is 126 Å². The molecule has 0 fully saturated rings. The average molecular weight is 282 g/mol. The zero-order chi connectivity index (χ0) is 16.4. The predicted molar refractivity (Wildman–Crippen MR) is 92.3 cm³/mol. The molecule has 0 radical (unpaired) electrons. The fourth-order valence-electron chi connectivity index (χ4n) is 0.895. The lowest BCUT2D eigenvalue weighted by Gasteiger charge is -2.04. The van der Waals surface area contributed by atoms with Crippen molar-refractivity contribution in [2.45, 2.75) is 54.4 Å². The summed E-state index contributed by atoms with van der Waals surface area (Å²) in [6.45, 7) is 16.2. The third kappa shape index (κ3) is 14.6. The standard InChI is InChI=1S/C10H12O2.2C3H8.C2H6/c1-8(11-2)9-4-6-10(12-3)7-5-9;2*1-3-2;1-2/h4-7H,1H2,2-3H3;2*3H2,1-2H3;1-2H3. The number of ether oxygens (including phenoxy) is 2. The Kier molecular flexibility index (Phi) is 23.5. The number of rotatable bonds is 3. The van der Waals surface area contributed by atoms with E-state index in [1.807, 2.05) is 38.1 Å². The van der Waals surface area contributed by atoms with Crippen molar-refractivity contribution in [2.24, 2.45) is 0 Å². The molecule has 0 spiro atoms. The quantitative estimate of drug-likeness (QED) is 0.617. The van der Waals surface area contributed by atoms with Gasteiger partial charge >= 0.3 is 0 Å². The van der Waals surface area contributed by atoms with E-state index in [1.165, 1.54) is 12.8 Å². The van der Waals surface area contributed by atoms with E-state index >= 15 is 0 Å². The maximum Gasteiger partial charge on any atom is 0.118 e. The van der Waals surface area contributed by atoms with Gasteiger partial charge in [-0.25, -0.2) is 0 Å².